The molecule has 1 aromatic heterocycles. The molecule has 0 amide bonds. The molecule has 0 saturated carbocycles. The second-order valence-electron chi connectivity index (χ2n) is 12.5. The molecule has 0 spiro atoms. The lowest BCUT2D eigenvalue weighted by Crippen LogP contribution is -2.18. The van der Waals surface area contributed by atoms with Gasteiger partial charge in [0.2, 0.25) is 5.95 Å². The van der Waals surface area contributed by atoms with Crippen LogP contribution >= 0.6 is 11.8 Å². The Morgan fingerprint density at radius 1 is 0.340 bits per heavy atom. The van der Waals surface area contributed by atoms with E-state index in [1.807, 2.05) is 6.07 Å². The molecule has 234 valence electrons. The van der Waals surface area contributed by atoms with Crippen molar-refractivity contribution in [1.29, 1.82) is 0 Å². The maximum atomic E-state index is 5.26. The van der Waals surface area contributed by atoms with Crippen LogP contribution < -0.4 is 4.90 Å². The summed E-state index contributed by atoms with van der Waals surface area (Å²) in [6.07, 6.45) is 0. The largest absolute Gasteiger partial charge is 0.277 e. The lowest BCUT2D eigenvalue weighted by molar-refractivity contribution is 1.00. The van der Waals surface area contributed by atoms with Crippen molar-refractivity contribution in [1.82, 2.24) is 15.0 Å². The highest BCUT2D eigenvalue weighted by Gasteiger charge is 2.27. The van der Waals surface area contributed by atoms with Crippen LogP contribution in [0.3, 0.4) is 0 Å². The van der Waals surface area contributed by atoms with Crippen molar-refractivity contribution in [3.8, 4) is 33.9 Å². The van der Waals surface area contributed by atoms with E-state index < -0.39 is 0 Å². The van der Waals surface area contributed by atoms with E-state index in [4.69, 9.17) is 15.0 Å². The maximum Gasteiger partial charge on any atom is 0.238 e. The van der Waals surface area contributed by atoms with Gasteiger partial charge in [0.05, 0.1) is 11.4 Å². The highest BCUT2D eigenvalue weighted by Crippen LogP contribution is 2.50. The minimum absolute atomic E-state index is 0.584. The van der Waals surface area contributed by atoms with Crippen molar-refractivity contribution in [2.24, 2.45) is 0 Å². The first-order chi connectivity index (χ1) is 24.8. The number of rotatable bonds is 4. The Morgan fingerprint density at radius 3 is 1.40 bits per heavy atom. The monoisotopic (exact) mass is 656 g/mol. The van der Waals surface area contributed by atoms with Crippen LogP contribution in [0.4, 0.5) is 17.3 Å². The number of fused-ring (bicyclic) bond motifs is 8. The first-order valence-corrected chi connectivity index (χ1v) is 17.5. The molecule has 0 aliphatic carbocycles. The van der Waals surface area contributed by atoms with Crippen molar-refractivity contribution >= 4 is 61.4 Å². The molecule has 9 aromatic rings. The Bertz CT molecular complexity index is 2660. The van der Waals surface area contributed by atoms with E-state index in [0.717, 1.165) is 37.9 Å². The lowest BCUT2D eigenvalue weighted by Gasteiger charge is -2.31. The fourth-order valence-electron chi connectivity index (χ4n) is 7.13. The molecule has 0 bridgehead atoms. The standard InChI is InChI=1S/C45H28N4S/c1-2-12-29(13-3-1)30-22-24-31(25-23-30)43-46-44(48-45(47-43)49-39-18-8-10-20-41(39)50-42-21-11-9-19-40(42)49)32-26-27-37-35-16-5-4-14-33(35)34-15-6-7-17-36(34)38(37)28-32/h1-28H. The summed E-state index contributed by atoms with van der Waals surface area (Å²) in [6, 6.07) is 59.8. The van der Waals surface area contributed by atoms with E-state index >= 15 is 0 Å². The summed E-state index contributed by atoms with van der Waals surface area (Å²) in [5, 5.41) is 7.34. The SMILES string of the molecule is c1ccc(-c2ccc(-c3nc(-c4ccc5c6ccccc6c6ccccc6c5c4)nc(N4c5ccccc5Sc5ccccc54)n3)cc2)cc1. The van der Waals surface area contributed by atoms with Gasteiger partial charge in [-0.05, 0) is 73.8 Å². The average molecular weight is 657 g/mol. The van der Waals surface area contributed by atoms with E-state index in [1.54, 1.807) is 11.8 Å². The Morgan fingerprint density at radius 2 is 0.780 bits per heavy atom. The zero-order valence-electron chi connectivity index (χ0n) is 26.9. The summed E-state index contributed by atoms with van der Waals surface area (Å²) in [4.78, 5) is 20.1. The summed E-state index contributed by atoms with van der Waals surface area (Å²) < 4.78 is 0. The third kappa shape index (κ3) is 4.74. The molecule has 10 rings (SSSR count). The highest BCUT2D eigenvalue weighted by molar-refractivity contribution is 7.99. The van der Waals surface area contributed by atoms with Gasteiger partial charge < -0.3 is 0 Å². The number of hydrogen-bond donors (Lipinski definition) is 0. The van der Waals surface area contributed by atoms with Gasteiger partial charge in [0, 0.05) is 20.9 Å². The molecule has 2 heterocycles. The number of hydrogen-bond acceptors (Lipinski definition) is 5. The molecule has 8 aromatic carbocycles. The fraction of sp³-hybridized carbons (Fsp3) is 0. The van der Waals surface area contributed by atoms with Crippen LogP contribution in [0.1, 0.15) is 0 Å². The number of benzene rings is 8. The van der Waals surface area contributed by atoms with Gasteiger partial charge in [-0.2, -0.15) is 9.97 Å². The van der Waals surface area contributed by atoms with Crippen LogP contribution in [0.15, 0.2) is 180 Å². The van der Waals surface area contributed by atoms with Crippen LogP contribution in [-0.2, 0) is 0 Å². The fourth-order valence-corrected chi connectivity index (χ4v) is 8.19. The normalized spacial score (nSPS) is 12.3. The zero-order valence-corrected chi connectivity index (χ0v) is 27.7. The Kier molecular flexibility index (Phi) is 6.71. The topological polar surface area (TPSA) is 41.9 Å². The molecule has 50 heavy (non-hydrogen) atoms. The second-order valence-corrected chi connectivity index (χ2v) is 13.5. The molecular weight excluding hydrogens is 629 g/mol. The van der Waals surface area contributed by atoms with Gasteiger partial charge in [0.15, 0.2) is 11.6 Å². The maximum absolute atomic E-state index is 5.26. The Labute approximate surface area is 293 Å². The second kappa shape index (κ2) is 11.7. The minimum atomic E-state index is 0.584. The zero-order chi connectivity index (χ0) is 33.0. The van der Waals surface area contributed by atoms with Gasteiger partial charge in [0.25, 0.3) is 0 Å². The Hall–Kier alpha value is -6.30. The molecule has 4 nitrogen and oxygen atoms in total. The van der Waals surface area contributed by atoms with Crippen LogP contribution in [-0.4, -0.2) is 15.0 Å². The summed E-state index contributed by atoms with van der Waals surface area (Å²) in [5.41, 5.74) is 6.29. The predicted octanol–water partition coefficient (Wildman–Crippen LogP) is 12.3. The van der Waals surface area contributed by atoms with Crippen LogP contribution in [0.2, 0.25) is 0 Å². The van der Waals surface area contributed by atoms with E-state index in [9.17, 15) is 0 Å². The molecule has 5 heteroatoms. The molecule has 0 radical (unpaired) electrons. The molecule has 0 unspecified atom stereocenters. The third-order valence-corrected chi connectivity index (χ3v) is 10.6. The summed E-state index contributed by atoms with van der Waals surface area (Å²) >= 11 is 1.77. The minimum Gasteiger partial charge on any atom is -0.277 e. The molecule has 1 aliphatic heterocycles. The smallest absolute Gasteiger partial charge is 0.238 e. The van der Waals surface area contributed by atoms with E-state index in [0.29, 0.717) is 17.6 Å². The average Bonchev–Trinajstić information content (AvgIpc) is 3.20. The van der Waals surface area contributed by atoms with Gasteiger partial charge in [0.1, 0.15) is 0 Å². The predicted molar refractivity (Wildman–Crippen MR) is 207 cm³/mol. The first-order valence-electron chi connectivity index (χ1n) is 16.7. The van der Waals surface area contributed by atoms with Crippen molar-refractivity contribution in [2.45, 2.75) is 9.79 Å². The van der Waals surface area contributed by atoms with Crippen LogP contribution in [0.25, 0.3) is 66.2 Å². The molecule has 0 N–H and O–H groups in total. The lowest BCUT2D eigenvalue weighted by atomic mass is 9.93. The highest BCUT2D eigenvalue weighted by atomic mass is 32.2. The van der Waals surface area contributed by atoms with Crippen LogP contribution in [0, 0.1) is 0 Å². The van der Waals surface area contributed by atoms with E-state index in [1.165, 1.54) is 37.9 Å². The summed E-state index contributed by atoms with van der Waals surface area (Å²) in [6.45, 7) is 0. The van der Waals surface area contributed by atoms with Gasteiger partial charge in [-0.25, -0.2) is 4.98 Å². The third-order valence-electron chi connectivity index (χ3n) is 9.51. The molecule has 0 saturated heterocycles. The van der Waals surface area contributed by atoms with Crippen molar-refractivity contribution in [2.75, 3.05) is 4.90 Å². The van der Waals surface area contributed by atoms with Gasteiger partial charge in [-0.15, -0.1) is 0 Å². The van der Waals surface area contributed by atoms with E-state index in [-0.39, 0.29) is 0 Å². The summed E-state index contributed by atoms with van der Waals surface area (Å²) in [5.74, 6) is 1.84. The van der Waals surface area contributed by atoms with Gasteiger partial charge >= 0.3 is 0 Å². The van der Waals surface area contributed by atoms with Gasteiger partial charge in [-0.3, -0.25) is 4.90 Å². The van der Waals surface area contributed by atoms with Gasteiger partial charge in [-0.1, -0.05) is 151 Å². The Balaban J connectivity index is 1.20. The molecule has 1 aliphatic rings. The summed E-state index contributed by atoms with van der Waals surface area (Å²) in [7, 11) is 0. The number of anilines is 3. The quantitative estimate of drug-likeness (QED) is 0.176. The molecular formula is C45H28N4S. The molecule has 0 fully saturated rings. The first kappa shape index (κ1) is 28.7. The van der Waals surface area contributed by atoms with Crippen molar-refractivity contribution < 1.29 is 0 Å². The van der Waals surface area contributed by atoms with Crippen molar-refractivity contribution in [3.63, 3.8) is 0 Å². The van der Waals surface area contributed by atoms with E-state index in [2.05, 4.69) is 169 Å². The molecule has 0 atom stereocenters. The number of aromatic nitrogens is 3. The van der Waals surface area contributed by atoms with Crippen molar-refractivity contribution in [3.05, 3.63) is 170 Å². The van der Waals surface area contributed by atoms with Crippen LogP contribution in [0.5, 0.6) is 0 Å². The number of nitrogens with zero attached hydrogens (tertiary/aromatic N) is 4. The number of para-hydroxylation sites is 2.